The van der Waals surface area contributed by atoms with Gasteiger partial charge in [-0.3, -0.25) is 4.90 Å². The number of hydrogen-bond acceptors (Lipinski definition) is 4. The second-order valence-corrected chi connectivity index (χ2v) is 6.27. The zero-order valence-electron chi connectivity index (χ0n) is 14.6. The zero-order chi connectivity index (χ0) is 17.5. The van der Waals surface area contributed by atoms with Crippen LogP contribution in [0.4, 0.5) is 0 Å². The third-order valence-electron chi connectivity index (χ3n) is 4.38. The molecule has 0 radical (unpaired) electrons. The fourth-order valence-electron chi connectivity index (χ4n) is 2.84. The molecule has 1 fully saturated rings. The monoisotopic (exact) mass is 339 g/mol. The number of hydrogen-bond donors (Lipinski definition) is 1. The summed E-state index contributed by atoms with van der Waals surface area (Å²) in [4.78, 5) is 7.82. The molecule has 0 amide bonds. The molecule has 0 aromatic heterocycles. The van der Waals surface area contributed by atoms with Gasteiger partial charge in [-0.05, 0) is 29.7 Å². The molecule has 1 aliphatic rings. The van der Waals surface area contributed by atoms with Crippen molar-refractivity contribution in [2.75, 3.05) is 26.3 Å². The van der Waals surface area contributed by atoms with E-state index in [0.717, 1.165) is 44.0 Å². The topological polar surface area (TPSA) is 60.1 Å². The molecule has 0 unspecified atom stereocenters. The molecule has 1 heterocycles. The van der Waals surface area contributed by atoms with Gasteiger partial charge in [0.15, 0.2) is 5.84 Å². The fourth-order valence-corrected chi connectivity index (χ4v) is 2.84. The Morgan fingerprint density at radius 2 is 1.96 bits per heavy atom. The van der Waals surface area contributed by atoms with Gasteiger partial charge in [-0.15, -0.1) is 0 Å². The highest BCUT2D eigenvalue weighted by atomic mass is 16.6. The van der Waals surface area contributed by atoms with Crippen molar-refractivity contribution in [3.8, 4) is 0 Å². The van der Waals surface area contributed by atoms with Crippen LogP contribution >= 0.6 is 0 Å². The van der Waals surface area contributed by atoms with Gasteiger partial charge in [-0.2, -0.15) is 0 Å². The minimum atomic E-state index is 0.400. The first-order valence-corrected chi connectivity index (χ1v) is 8.62. The highest BCUT2D eigenvalue weighted by Gasteiger charge is 2.11. The van der Waals surface area contributed by atoms with Gasteiger partial charge in [0.25, 0.3) is 0 Å². The van der Waals surface area contributed by atoms with E-state index < -0.39 is 0 Å². The van der Waals surface area contributed by atoms with Crippen molar-refractivity contribution in [2.45, 2.75) is 20.1 Å². The number of nitrogens with zero attached hydrogens (tertiary/aromatic N) is 2. The summed E-state index contributed by atoms with van der Waals surface area (Å²) in [6.07, 6.45) is 0. The number of amidine groups is 1. The quantitative estimate of drug-likeness (QED) is 0.499. The number of rotatable bonds is 6. The Hall–Kier alpha value is -2.37. The summed E-state index contributed by atoms with van der Waals surface area (Å²) in [7, 11) is 0. The lowest BCUT2D eigenvalue weighted by molar-refractivity contribution is 0.0342. The molecule has 25 heavy (non-hydrogen) atoms. The zero-order valence-corrected chi connectivity index (χ0v) is 14.6. The van der Waals surface area contributed by atoms with E-state index in [4.69, 9.17) is 15.3 Å². The molecule has 3 rings (SSSR count). The summed E-state index contributed by atoms with van der Waals surface area (Å²) in [6, 6.07) is 16.2. The average molecular weight is 339 g/mol. The summed E-state index contributed by atoms with van der Waals surface area (Å²) in [5.74, 6) is 0.400. The molecule has 2 aromatic rings. The van der Waals surface area contributed by atoms with Gasteiger partial charge in [0, 0.05) is 25.2 Å². The maximum absolute atomic E-state index is 6.09. The lowest BCUT2D eigenvalue weighted by Crippen LogP contribution is -2.35. The third-order valence-corrected chi connectivity index (χ3v) is 4.38. The predicted octanol–water partition coefficient (Wildman–Crippen LogP) is 2.66. The molecule has 0 aliphatic carbocycles. The maximum Gasteiger partial charge on any atom is 0.170 e. The Bertz CT molecular complexity index is 724. The van der Waals surface area contributed by atoms with E-state index in [-0.39, 0.29) is 0 Å². The number of benzene rings is 2. The molecule has 5 nitrogen and oxygen atoms in total. The molecule has 2 N–H and O–H groups in total. The van der Waals surface area contributed by atoms with Crippen LogP contribution in [0.5, 0.6) is 0 Å². The van der Waals surface area contributed by atoms with Gasteiger partial charge in [0.2, 0.25) is 0 Å². The molecule has 1 saturated heterocycles. The molecule has 1 aliphatic heterocycles. The van der Waals surface area contributed by atoms with Crippen LogP contribution in [0, 0.1) is 6.92 Å². The van der Waals surface area contributed by atoms with Gasteiger partial charge in [-0.1, -0.05) is 47.6 Å². The van der Waals surface area contributed by atoms with Crippen molar-refractivity contribution >= 4 is 5.84 Å². The smallest absolute Gasteiger partial charge is 0.170 e. The molecular formula is C20H25N3O2. The number of morpholine rings is 1. The lowest BCUT2D eigenvalue weighted by Gasteiger charge is -2.26. The van der Waals surface area contributed by atoms with E-state index in [1.54, 1.807) is 0 Å². The number of ether oxygens (including phenoxy) is 1. The standard InChI is InChI=1S/C20H25N3O2/c1-16-5-2-3-7-19(16)15-25-22-20(21)18-8-4-6-17(13-18)14-23-9-11-24-12-10-23/h2-8,13H,9-12,14-15H2,1H3,(H2,21,22). The summed E-state index contributed by atoms with van der Waals surface area (Å²) in [5, 5.41) is 4.08. The van der Waals surface area contributed by atoms with Crippen molar-refractivity contribution in [1.29, 1.82) is 0 Å². The second kappa shape index (κ2) is 8.65. The van der Waals surface area contributed by atoms with Gasteiger partial charge >= 0.3 is 0 Å². The van der Waals surface area contributed by atoms with Crippen LogP contribution in [-0.2, 0) is 22.7 Å². The van der Waals surface area contributed by atoms with Gasteiger partial charge in [0.1, 0.15) is 6.61 Å². The normalized spacial score (nSPS) is 16.0. The van der Waals surface area contributed by atoms with Crippen LogP contribution in [0.15, 0.2) is 53.7 Å². The Kier molecular flexibility index (Phi) is 6.04. The minimum Gasteiger partial charge on any atom is -0.389 e. The summed E-state index contributed by atoms with van der Waals surface area (Å²) >= 11 is 0. The highest BCUT2D eigenvalue weighted by Crippen LogP contribution is 2.11. The predicted molar refractivity (Wildman–Crippen MR) is 99.2 cm³/mol. The van der Waals surface area contributed by atoms with E-state index in [2.05, 4.69) is 35.2 Å². The van der Waals surface area contributed by atoms with E-state index in [9.17, 15) is 0 Å². The van der Waals surface area contributed by atoms with Crippen LogP contribution in [0.1, 0.15) is 22.3 Å². The first-order chi connectivity index (χ1) is 12.2. The number of nitrogens with two attached hydrogens (primary N) is 1. The van der Waals surface area contributed by atoms with Crippen LogP contribution in [-0.4, -0.2) is 37.0 Å². The lowest BCUT2D eigenvalue weighted by atomic mass is 10.1. The number of oxime groups is 1. The molecule has 0 saturated carbocycles. The van der Waals surface area contributed by atoms with Gasteiger partial charge in [-0.25, -0.2) is 0 Å². The highest BCUT2D eigenvalue weighted by molar-refractivity contribution is 5.97. The first-order valence-electron chi connectivity index (χ1n) is 8.62. The van der Waals surface area contributed by atoms with E-state index in [0.29, 0.717) is 12.4 Å². The van der Waals surface area contributed by atoms with Crippen molar-refractivity contribution in [1.82, 2.24) is 4.90 Å². The largest absolute Gasteiger partial charge is 0.389 e. The van der Waals surface area contributed by atoms with Crippen LogP contribution < -0.4 is 5.73 Å². The molecule has 132 valence electrons. The maximum atomic E-state index is 6.09. The van der Waals surface area contributed by atoms with Gasteiger partial charge in [0.05, 0.1) is 13.2 Å². The molecule has 0 bridgehead atoms. The first kappa shape index (κ1) is 17.5. The van der Waals surface area contributed by atoms with E-state index in [1.807, 2.05) is 30.3 Å². The second-order valence-electron chi connectivity index (χ2n) is 6.27. The van der Waals surface area contributed by atoms with Crippen molar-refractivity contribution in [2.24, 2.45) is 10.9 Å². The third kappa shape index (κ3) is 5.05. The molecule has 2 aromatic carbocycles. The molecule has 5 heteroatoms. The Labute approximate surface area is 149 Å². The average Bonchev–Trinajstić information content (AvgIpc) is 2.64. The van der Waals surface area contributed by atoms with E-state index >= 15 is 0 Å². The van der Waals surface area contributed by atoms with Crippen molar-refractivity contribution in [3.63, 3.8) is 0 Å². The summed E-state index contributed by atoms with van der Waals surface area (Å²) < 4.78 is 5.39. The van der Waals surface area contributed by atoms with Crippen molar-refractivity contribution in [3.05, 3.63) is 70.8 Å². The van der Waals surface area contributed by atoms with Crippen LogP contribution in [0.25, 0.3) is 0 Å². The van der Waals surface area contributed by atoms with Crippen LogP contribution in [0.2, 0.25) is 0 Å². The Morgan fingerprint density at radius 1 is 1.16 bits per heavy atom. The minimum absolute atomic E-state index is 0.400. The molecule has 0 atom stereocenters. The Balaban J connectivity index is 1.60. The van der Waals surface area contributed by atoms with Crippen LogP contribution in [0.3, 0.4) is 0 Å². The molecule has 0 spiro atoms. The molecular weight excluding hydrogens is 314 g/mol. The summed E-state index contributed by atoms with van der Waals surface area (Å²) in [5.41, 5.74) is 10.5. The van der Waals surface area contributed by atoms with Gasteiger partial charge < -0.3 is 15.3 Å². The van der Waals surface area contributed by atoms with Crippen molar-refractivity contribution < 1.29 is 9.57 Å². The fraction of sp³-hybridized carbons (Fsp3) is 0.350. The number of aryl methyl sites for hydroxylation is 1. The van der Waals surface area contributed by atoms with E-state index in [1.165, 1.54) is 11.1 Å². The summed E-state index contributed by atoms with van der Waals surface area (Å²) in [6.45, 7) is 6.91. The SMILES string of the molecule is Cc1ccccc1CO/N=C(\N)c1cccc(CN2CCOCC2)c1. The Morgan fingerprint density at radius 3 is 2.76 bits per heavy atom.